The predicted molar refractivity (Wildman–Crippen MR) is 83.9 cm³/mol. The molecule has 23 heavy (non-hydrogen) atoms. The van der Waals surface area contributed by atoms with Gasteiger partial charge in [-0.1, -0.05) is 13.8 Å². The van der Waals surface area contributed by atoms with Crippen molar-refractivity contribution >= 4 is 11.7 Å². The molecule has 2 heterocycles. The second-order valence-electron chi connectivity index (χ2n) is 6.95. The van der Waals surface area contributed by atoms with Crippen molar-refractivity contribution in [2.45, 2.75) is 51.6 Å². The summed E-state index contributed by atoms with van der Waals surface area (Å²) in [6, 6.07) is 1.83. The van der Waals surface area contributed by atoms with Crippen LogP contribution in [-0.4, -0.2) is 46.0 Å². The van der Waals surface area contributed by atoms with Crippen molar-refractivity contribution in [2.75, 3.05) is 13.1 Å². The van der Waals surface area contributed by atoms with E-state index >= 15 is 0 Å². The number of H-pyrrole nitrogens is 1. The minimum absolute atomic E-state index is 0.0254. The van der Waals surface area contributed by atoms with E-state index in [1.165, 1.54) is 0 Å². The van der Waals surface area contributed by atoms with Crippen molar-refractivity contribution in [3.05, 3.63) is 17.5 Å². The molecule has 1 N–H and O–H groups in total. The first-order chi connectivity index (χ1) is 11.0. The van der Waals surface area contributed by atoms with Gasteiger partial charge in [0.05, 0.1) is 11.6 Å². The molecule has 1 amide bonds. The molecule has 0 spiro atoms. The van der Waals surface area contributed by atoms with E-state index in [1.54, 1.807) is 4.90 Å². The lowest BCUT2D eigenvalue weighted by atomic mass is 9.99. The molecule has 1 unspecified atom stereocenters. The van der Waals surface area contributed by atoms with E-state index in [0.717, 1.165) is 18.5 Å². The van der Waals surface area contributed by atoms with E-state index in [2.05, 4.69) is 24.0 Å². The van der Waals surface area contributed by atoms with E-state index in [0.29, 0.717) is 37.5 Å². The van der Waals surface area contributed by atoms with Gasteiger partial charge in [-0.3, -0.25) is 14.7 Å². The number of alkyl halides is 1. The van der Waals surface area contributed by atoms with E-state index in [9.17, 15) is 14.0 Å². The van der Waals surface area contributed by atoms with Gasteiger partial charge in [-0.05, 0) is 37.2 Å². The van der Waals surface area contributed by atoms with E-state index in [-0.39, 0.29) is 23.5 Å². The largest absolute Gasteiger partial charge is 0.337 e. The molecule has 1 aromatic rings. The lowest BCUT2D eigenvalue weighted by molar-refractivity contribution is -0.121. The molecule has 1 saturated carbocycles. The molecule has 2 fully saturated rings. The van der Waals surface area contributed by atoms with Crippen molar-refractivity contribution in [1.82, 2.24) is 15.1 Å². The number of rotatable bonds is 6. The van der Waals surface area contributed by atoms with Crippen LogP contribution < -0.4 is 0 Å². The maximum Gasteiger partial charge on any atom is 0.271 e. The number of nitrogens with zero attached hydrogens (tertiary/aromatic N) is 2. The van der Waals surface area contributed by atoms with Crippen molar-refractivity contribution in [2.24, 2.45) is 11.8 Å². The van der Waals surface area contributed by atoms with Gasteiger partial charge in [-0.25, -0.2) is 4.39 Å². The Bertz CT molecular complexity index is 600. The number of Topliss-reactive ketones (excluding diaryl/α,β-unsaturated/α-hetero) is 1. The SMILES string of the molecule is CCC(C)c1cc(C(=O)N2CC[C@@H](CC(=O)[C@H]3C[C@H]3F)C2)[nH]n1. The first-order valence-electron chi connectivity index (χ1n) is 8.51. The Kier molecular flexibility index (Phi) is 4.50. The Morgan fingerprint density at radius 2 is 2.26 bits per heavy atom. The van der Waals surface area contributed by atoms with Crippen molar-refractivity contribution in [1.29, 1.82) is 0 Å². The molecule has 1 saturated heterocycles. The average molecular weight is 321 g/mol. The molecule has 4 atom stereocenters. The number of carbonyl (C=O) groups is 2. The summed E-state index contributed by atoms with van der Waals surface area (Å²) >= 11 is 0. The molecule has 126 valence electrons. The fourth-order valence-electron chi connectivity index (χ4n) is 3.20. The fraction of sp³-hybridized carbons (Fsp3) is 0.706. The molecule has 0 aromatic carbocycles. The van der Waals surface area contributed by atoms with Crippen LogP contribution in [-0.2, 0) is 4.79 Å². The highest BCUT2D eigenvalue weighted by molar-refractivity contribution is 5.92. The molecule has 1 aliphatic carbocycles. The number of hydrogen-bond acceptors (Lipinski definition) is 3. The van der Waals surface area contributed by atoms with Gasteiger partial charge in [-0.15, -0.1) is 0 Å². The topological polar surface area (TPSA) is 66.1 Å². The van der Waals surface area contributed by atoms with E-state index in [1.807, 2.05) is 6.07 Å². The molecule has 5 nitrogen and oxygen atoms in total. The Morgan fingerprint density at radius 1 is 1.52 bits per heavy atom. The van der Waals surface area contributed by atoms with Crippen LogP contribution in [0.3, 0.4) is 0 Å². The summed E-state index contributed by atoms with van der Waals surface area (Å²) in [5.74, 6) is 0.0831. The third kappa shape index (κ3) is 3.46. The first kappa shape index (κ1) is 16.1. The van der Waals surface area contributed by atoms with Gasteiger partial charge >= 0.3 is 0 Å². The summed E-state index contributed by atoms with van der Waals surface area (Å²) in [6.45, 7) is 5.40. The smallest absolute Gasteiger partial charge is 0.271 e. The van der Waals surface area contributed by atoms with Gasteiger partial charge in [0, 0.05) is 19.5 Å². The maximum absolute atomic E-state index is 12.9. The lowest BCUT2D eigenvalue weighted by Gasteiger charge is -2.15. The predicted octanol–water partition coefficient (Wildman–Crippen LogP) is 2.70. The van der Waals surface area contributed by atoms with Gasteiger partial charge in [0.2, 0.25) is 0 Å². The van der Waals surface area contributed by atoms with Crippen molar-refractivity contribution < 1.29 is 14.0 Å². The van der Waals surface area contributed by atoms with Crippen LogP contribution in [0.15, 0.2) is 6.07 Å². The van der Waals surface area contributed by atoms with Crippen LogP contribution in [0.2, 0.25) is 0 Å². The Labute approximate surface area is 135 Å². The summed E-state index contributed by atoms with van der Waals surface area (Å²) in [6.07, 6.45) is 1.65. The monoisotopic (exact) mass is 321 g/mol. The number of amides is 1. The summed E-state index contributed by atoms with van der Waals surface area (Å²) < 4.78 is 12.9. The zero-order valence-electron chi connectivity index (χ0n) is 13.7. The zero-order valence-corrected chi connectivity index (χ0v) is 13.7. The molecule has 1 aromatic heterocycles. The minimum atomic E-state index is -0.925. The fourth-order valence-corrected chi connectivity index (χ4v) is 3.20. The maximum atomic E-state index is 12.9. The second kappa shape index (κ2) is 6.42. The summed E-state index contributed by atoms with van der Waals surface area (Å²) in [5, 5.41) is 7.05. The quantitative estimate of drug-likeness (QED) is 0.876. The van der Waals surface area contributed by atoms with Crippen molar-refractivity contribution in [3.63, 3.8) is 0 Å². The average Bonchev–Trinajstić information content (AvgIpc) is 2.98. The van der Waals surface area contributed by atoms with Crippen LogP contribution >= 0.6 is 0 Å². The number of aromatic nitrogens is 2. The number of ketones is 1. The molecule has 1 aliphatic heterocycles. The highest BCUT2D eigenvalue weighted by atomic mass is 19.1. The van der Waals surface area contributed by atoms with Gasteiger partial charge in [0.15, 0.2) is 0 Å². The molecule has 0 radical (unpaired) electrons. The number of nitrogens with one attached hydrogen (secondary N) is 1. The van der Waals surface area contributed by atoms with Crippen LogP contribution in [0, 0.1) is 11.8 Å². The Hall–Kier alpha value is -1.72. The number of carbonyl (C=O) groups excluding carboxylic acids is 2. The second-order valence-corrected chi connectivity index (χ2v) is 6.95. The Morgan fingerprint density at radius 3 is 2.91 bits per heavy atom. The van der Waals surface area contributed by atoms with Crippen LogP contribution in [0.4, 0.5) is 4.39 Å². The summed E-state index contributed by atoms with van der Waals surface area (Å²) in [5.41, 5.74) is 1.42. The van der Waals surface area contributed by atoms with Gasteiger partial charge in [0.25, 0.3) is 5.91 Å². The molecular formula is C17H24FN3O2. The highest BCUT2D eigenvalue weighted by Crippen LogP contribution is 2.37. The number of likely N-dealkylation sites (tertiary alicyclic amines) is 1. The molecule has 0 bridgehead atoms. The molecule has 2 aliphatic rings. The Balaban J connectivity index is 1.54. The van der Waals surface area contributed by atoms with Gasteiger partial charge in [-0.2, -0.15) is 5.10 Å². The van der Waals surface area contributed by atoms with Crippen molar-refractivity contribution in [3.8, 4) is 0 Å². The van der Waals surface area contributed by atoms with Gasteiger partial charge < -0.3 is 4.90 Å². The summed E-state index contributed by atoms with van der Waals surface area (Å²) in [7, 11) is 0. The van der Waals surface area contributed by atoms with E-state index < -0.39 is 6.17 Å². The molecule has 6 heteroatoms. The third-order valence-corrected chi connectivity index (χ3v) is 5.13. The number of hydrogen-bond donors (Lipinski definition) is 1. The lowest BCUT2D eigenvalue weighted by Crippen LogP contribution is -2.29. The summed E-state index contributed by atoms with van der Waals surface area (Å²) in [4.78, 5) is 26.2. The minimum Gasteiger partial charge on any atom is -0.337 e. The van der Waals surface area contributed by atoms with Gasteiger partial charge in [0.1, 0.15) is 17.6 Å². The molecule has 3 rings (SSSR count). The molecular weight excluding hydrogens is 297 g/mol. The number of aromatic amines is 1. The van der Waals surface area contributed by atoms with Crippen LogP contribution in [0.25, 0.3) is 0 Å². The standard InChI is InChI=1S/C17H24FN3O2/c1-3-10(2)14-8-15(20-19-14)17(23)21-5-4-11(9-21)6-16(22)12-7-13(12)18/h8,10-13H,3-7,9H2,1-2H3,(H,19,20)/t10?,11-,12-,13+/m0/s1. The van der Waals surface area contributed by atoms with E-state index in [4.69, 9.17) is 0 Å². The third-order valence-electron chi connectivity index (χ3n) is 5.13. The van der Waals surface area contributed by atoms with Crippen LogP contribution in [0.5, 0.6) is 0 Å². The first-order valence-corrected chi connectivity index (χ1v) is 8.51. The number of halogens is 1. The zero-order chi connectivity index (χ0) is 16.6. The highest BCUT2D eigenvalue weighted by Gasteiger charge is 2.44. The normalized spacial score (nSPS) is 28.0. The van der Waals surface area contributed by atoms with Crippen LogP contribution in [0.1, 0.15) is 61.6 Å².